The van der Waals surface area contributed by atoms with Gasteiger partial charge >= 0.3 is 0 Å². The van der Waals surface area contributed by atoms with E-state index in [9.17, 15) is 18.7 Å². The highest BCUT2D eigenvalue weighted by Crippen LogP contribution is 2.16. The topological polar surface area (TPSA) is 49.3 Å². The van der Waals surface area contributed by atoms with E-state index in [4.69, 9.17) is 0 Å². The van der Waals surface area contributed by atoms with E-state index in [0.29, 0.717) is 5.56 Å². The van der Waals surface area contributed by atoms with E-state index in [1.165, 1.54) is 17.4 Å². The van der Waals surface area contributed by atoms with Gasteiger partial charge in [0.25, 0.3) is 5.91 Å². The van der Waals surface area contributed by atoms with Gasteiger partial charge in [0.1, 0.15) is 17.2 Å². The zero-order valence-corrected chi connectivity index (χ0v) is 10.6. The Labute approximate surface area is 112 Å². The zero-order chi connectivity index (χ0) is 13.8. The van der Waals surface area contributed by atoms with Gasteiger partial charge in [-0.2, -0.15) is 11.3 Å². The summed E-state index contributed by atoms with van der Waals surface area (Å²) in [6, 6.07) is 4.91. The van der Waals surface area contributed by atoms with Crippen molar-refractivity contribution in [3.8, 4) is 0 Å². The molecule has 0 aliphatic rings. The molecule has 0 saturated heterocycles. The molecule has 3 nitrogen and oxygen atoms in total. The molecule has 0 bridgehead atoms. The normalized spacial score (nSPS) is 12.2. The van der Waals surface area contributed by atoms with Crippen LogP contribution in [0.15, 0.2) is 35.0 Å². The van der Waals surface area contributed by atoms with Crippen molar-refractivity contribution in [1.82, 2.24) is 5.32 Å². The first kappa shape index (κ1) is 13.6. The van der Waals surface area contributed by atoms with Crippen molar-refractivity contribution in [3.05, 3.63) is 57.8 Å². The number of carbonyl (C=O) groups excluding carboxylic acids is 1. The van der Waals surface area contributed by atoms with Gasteiger partial charge in [-0.3, -0.25) is 4.79 Å². The number of carbonyl (C=O) groups is 1. The maximum absolute atomic E-state index is 13.3. The number of halogens is 2. The molecule has 19 heavy (non-hydrogen) atoms. The molecule has 2 N–H and O–H groups in total. The summed E-state index contributed by atoms with van der Waals surface area (Å²) >= 11 is 1.41. The lowest BCUT2D eigenvalue weighted by atomic mass is 10.1. The summed E-state index contributed by atoms with van der Waals surface area (Å²) in [6.07, 6.45) is -0.898. The van der Waals surface area contributed by atoms with Crippen LogP contribution in [0.3, 0.4) is 0 Å². The molecule has 1 amide bonds. The second-order valence-electron chi connectivity index (χ2n) is 3.88. The van der Waals surface area contributed by atoms with Crippen LogP contribution in [0.5, 0.6) is 0 Å². The van der Waals surface area contributed by atoms with E-state index in [1.54, 1.807) is 16.8 Å². The zero-order valence-electron chi connectivity index (χ0n) is 9.77. The summed E-state index contributed by atoms with van der Waals surface area (Å²) in [4.78, 5) is 11.7. The van der Waals surface area contributed by atoms with Gasteiger partial charge in [0, 0.05) is 6.54 Å². The lowest BCUT2D eigenvalue weighted by Gasteiger charge is -2.11. The van der Waals surface area contributed by atoms with Gasteiger partial charge in [-0.05, 0) is 34.5 Å². The molecule has 1 aromatic heterocycles. The summed E-state index contributed by atoms with van der Waals surface area (Å²) in [7, 11) is 0. The van der Waals surface area contributed by atoms with E-state index in [0.717, 1.165) is 12.1 Å². The quantitative estimate of drug-likeness (QED) is 0.905. The third kappa shape index (κ3) is 3.15. The van der Waals surface area contributed by atoms with Crippen molar-refractivity contribution < 1.29 is 18.7 Å². The highest BCUT2D eigenvalue weighted by Gasteiger charge is 2.18. The molecule has 0 unspecified atom stereocenters. The van der Waals surface area contributed by atoms with Gasteiger partial charge in [-0.15, -0.1) is 0 Å². The Balaban J connectivity index is 2.02. The van der Waals surface area contributed by atoms with Crippen LogP contribution in [0.1, 0.15) is 22.0 Å². The van der Waals surface area contributed by atoms with Crippen LogP contribution in [-0.4, -0.2) is 17.6 Å². The van der Waals surface area contributed by atoms with Crippen LogP contribution < -0.4 is 5.32 Å². The highest BCUT2D eigenvalue weighted by molar-refractivity contribution is 7.07. The van der Waals surface area contributed by atoms with Gasteiger partial charge < -0.3 is 10.4 Å². The van der Waals surface area contributed by atoms with Crippen molar-refractivity contribution >= 4 is 17.2 Å². The molecule has 1 atom stereocenters. The lowest BCUT2D eigenvalue weighted by molar-refractivity contribution is 0.0908. The van der Waals surface area contributed by atoms with Crippen LogP contribution >= 0.6 is 11.3 Å². The van der Waals surface area contributed by atoms with Crippen molar-refractivity contribution in [2.24, 2.45) is 0 Å². The fourth-order valence-corrected chi connectivity index (χ4v) is 2.28. The molecule has 0 aliphatic heterocycles. The molecule has 0 spiro atoms. The molecule has 1 aromatic carbocycles. The Morgan fingerprint density at radius 2 is 2.00 bits per heavy atom. The minimum absolute atomic E-state index is 0.108. The number of hydrogen-bond donors (Lipinski definition) is 2. The Bertz CT molecular complexity index is 552. The number of benzene rings is 1. The number of rotatable bonds is 4. The van der Waals surface area contributed by atoms with Crippen LogP contribution in [-0.2, 0) is 0 Å². The summed E-state index contributed by atoms with van der Waals surface area (Å²) in [5.74, 6) is -2.74. The van der Waals surface area contributed by atoms with Crippen LogP contribution in [0, 0.1) is 11.6 Å². The number of amides is 1. The van der Waals surface area contributed by atoms with Crippen molar-refractivity contribution in [1.29, 1.82) is 0 Å². The number of aliphatic hydroxyl groups is 1. The molecule has 0 radical (unpaired) electrons. The smallest absolute Gasteiger partial charge is 0.257 e. The molecule has 2 rings (SSSR count). The van der Waals surface area contributed by atoms with E-state index in [2.05, 4.69) is 5.32 Å². The predicted octanol–water partition coefficient (Wildman–Crippen LogP) is 2.49. The number of thiophene rings is 1. The molecule has 1 heterocycles. The second kappa shape index (κ2) is 5.90. The average Bonchev–Trinajstić information content (AvgIpc) is 2.89. The first-order valence-corrected chi connectivity index (χ1v) is 6.46. The van der Waals surface area contributed by atoms with E-state index in [-0.39, 0.29) is 6.54 Å². The maximum atomic E-state index is 13.3. The molecule has 0 aliphatic carbocycles. The molecule has 100 valence electrons. The van der Waals surface area contributed by atoms with Crippen LogP contribution in [0.25, 0.3) is 0 Å². The number of nitrogens with one attached hydrogen (secondary N) is 1. The van der Waals surface area contributed by atoms with Crippen LogP contribution in [0.2, 0.25) is 0 Å². The number of aliphatic hydroxyl groups excluding tert-OH is 1. The minimum Gasteiger partial charge on any atom is -0.387 e. The van der Waals surface area contributed by atoms with E-state index < -0.39 is 29.2 Å². The predicted molar refractivity (Wildman–Crippen MR) is 68.0 cm³/mol. The first-order chi connectivity index (χ1) is 9.09. The van der Waals surface area contributed by atoms with Gasteiger partial charge in [-0.1, -0.05) is 6.07 Å². The molecular formula is C13H11F2NO2S. The maximum Gasteiger partial charge on any atom is 0.257 e. The third-order valence-electron chi connectivity index (χ3n) is 2.57. The summed E-state index contributed by atoms with van der Waals surface area (Å²) in [5, 5.41) is 15.6. The second-order valence-corrected chi connectivity index (χ2v) is 4.66. The third-order valence-corrected chi connectivity index (χ3v) is 3.28. The van der Waals surface area contributed by atoms with Gasteiger partial charge in [0.15, 0.2) is 0 Å². The average molecular weight is 283 g/mol. The molecular weight excluding hydrogens is 272 g/mol. The van der Waals surface area contributed by atoms with E-state index in [1.807, 2.05) is 0 Å². The Morgan fingerprint density at radius 3 is 2.58 bits per heavy atom. The van der Waals surface area contributed by atoms with Crippen LogP contribution in [0.4, 0.5) is 8.78 Å². The Hall–Kier alpha value is -1.79. The SMILES string of the molecule is O=C(NC[C@@H](O)c1ccsc1)c1c(F)cccc1F. The van der Waals surface area contributed by atoms with Gasteiger partial charge in [-0.25, -0.2) is 8.78 Å². The Morgan fingerprint density at radius 1 is 1.32 bits per heavy atom. The highest BCUT2D eigenvalue weighted by atomic mass is 32.1. The largest absolute Gasteiger partial charge is 0.387 e. The fraction of sp³-hybridized carbons (Fsp3) is 0.154. The molecule has 0 saturated carbocycles. The molecule has 6 heteroatoms. The lowest BCUT2D eigenvalue weighted by Crippen LogP contribution is -2.29. The molecule has 0 fully saturated rings. The van der Waals surface area contributed by atoms with Crippen molar-refractivity contribution in [2.45, 2.75) is 6.10 Å². The van der Waals surface area contributed by atoms with Crippen molar-refractivity contribution in [2.75, 3.05) is 6.54 Å². The van der Waals surface area contributed by atoms with Gasteiger partial charge in [0.2, 0.25) is 0 Å². The van der Waals surface area contributed by atoms with Crippen molar-refractivity contribution in [3.63, 3.8) is 0 Å². The van der Waals surface area contributed by atoms with E-state index >= 15 is 0 Å². The summed E-state index contributed by atoms with van der Waals surface area (Å²) < 4.78 is 26.7. The minimum atomic E-state index is -0.928. The Kier molecular flexibility index (Phi) is 4.24. The summed E-state index contributed by atoms with van der Waals surface area (Å²) in [5.41, 5.74) is 0.0133. The summed E-state index contributed by atoms with van der Waals surface area (Å²) in [6.45, 7) is -0.108. The standard InChI is InChI=1S/C13H11F2NO2S/c14-9-2-1-3-10(15)12(9)13(18)16-6-11(17)8-4-5-19-7-8/h1-5,7,11,17H,6H2,(H,16,18)/t11-/m1/s1. The number of hydrogen-bond acceptors (Lipinski definition) is 3. The fourth-order valence-electron chi connectivity index (χ4n) is 1.57. The first-order valence-electron chi connectivity index (χ1n) is 5.52. The van der Waals surface area contributed by atoms with Gasteiger partial charge in [0.05, 0.1) is 6.10 Å². The monoisotopic (exact) mass is 283 g/mol. The molecule has 2 aromatic rings.